The minimum Gasteiger partial charge on any atom is -0.369 e. The van der Waals surface area contributed by atoms with Gasteiger partial charge in [0.15, 0.2) is 0 Å². The Labute approximate surface area is 137 Å². The Morgan fingerprint density at radius 2 is 2.00 bits per heavy atom. The number of pyridine rings is 1. The third-order valence-electron chi connectivity index (χ3n) is 4.91. The standard InChI is InChI=1S/C19H25N3O/c1-12(2)15-5-4-6-16-13(3)11-17(21-18(15)16)22-9-7-14(8-10-22)19(20)23/h4-6,11-12,14H,7-10H2,1-3H3,(H2,20,23). The summed E-state index contributed by atoms with van der Waals surface area (Å²) in [6, 6.07) is 8.59. The van der Waals surface area contributed by atoms with Crippen molar-refractivity contribution in [3.8, 4) is 0 Å². The number of primary amides is 1. The fourth-order valence-electron chi connectivity index (χ4n) is 3.44. The Balaban J connectivity index is 1.96. The zero-order chi connectivity index (χ0) is 16.6. The predicted octanol–water partition coefficient (Wildman–Crippen LogP) is 3.37. The van der Waals surface area contributed by atoms with Gasteiger partial charge in [-0.15, -0.1) is 0 Å². The van der Waals surface area contributed by atoms with E-state index in [2.05, 4.69) is 49.9 Å². The van der Waals surface area contributed by atoms with E-state index in [0.717, 1.165) is 37.3 Å². The minimum absolute atomic E-state index is 0.0130. The molecule has 1 aromatic carbocycles. The minimum atomic E-state index is -0.172. The van der Waals surface area contributed by atoms with E-state index in [4.69, 9.17) is 10.7 Å². The van der Waals surface area contributed by atoms with Crippen molar-refractivity contribution in [2.45, 2.75) is 39.5 Å². The smallest absolute Gasteiger partial charge is 0.220 e. The van der Waals surface area contributed by atoms with Crippen LogP contribution >= 0.6 is 0 Å². The number of hydrogen-bond donors (Lipinski definition) is 1. The molecule has 0 radical (unpaired) electrons. The van der Waals surface area contributed by atoms with Crippen LogP contribution in [-0.2, 0) is 4.79 Å². The molecule has 0 atom stereocenters. The van der Waals surface area contributed by atoms with Crippen LogP contribution in [0.2, 0.25) is 0 Å². The van der Waals surface area contributed by atoms with Crippen LogP contribution in [0.1, 0.15) is 43.7 Å². The molecule has 1 aliphatic heterocycles. The number of aryl methyl sites for hydroxylation is 1. The Morgan fingerprint density at radius 1 is 1.30 bits per heavy atom. The summed E-state index contributed by atoms with van der Waals surface area (Å²) in [5.41, 5.74) is 9.08. The highest BCUT2D eigenvalue weighted by Gasteiger charge is 2.24. The zero-order valence-electron chi connectivity index (χ0n) is 14.2. The number of fused-ring (bicyclic) bond motifs is 1. The lowest BCUT2D eigenvalue weighted by atomic mass is 9.95. The molecule has 3 rings (SSSR count). The highest BCUT2D eigenvalue weighted by atomic mass is 16.1. The van der Waals surface area contributed by atoms with Crippen LogP contribution in [0.4, 0.5) is 5.82 Å². The van der Waals surface area contributed by atoms with E-state index in [1.807, 2.05) is 0 Å². The van der Waals surface area contributed by atoms with Crippen molar-refractivity contribution >= 4 is 22.6 Å². The van der Waals surface area contributed by atoms with Crippen LogP contribution in [0.25, 0.3) is 10.9 Å². The van der Waals surface area contributed by atoms with Crippen LogP contribution in [0, 0.1) is 12.8 Å². The van der Waals surface area contributed by atoms with Crippen molar-refractivity contribution in [2.24, 2.45) is 11.7 Å². The largest absolute Gasteiger partial charge is 0.369 e. The molecule has 1 aliphatic rings. The average molecular weight is 311 g/mol. The molecule has 23 heavy (non-hydrogen) atoms. The van der Waals surface area contributed by atoms with Crippen LogP contribution in [0.5, 0.6) is 0 Å². The summed E-state index contributed by atoms with van der Waals surface area (Å²) in [6.45, 7) is 8.24. The Kier molecular flexibility index (Phi) is 4.24. The van der Waals surface area contributed by atoms with Gasteiger partial charge in [-0.1, -0.05) is 32.0 Å². The summed E-state index contributed by atoms with van der Waals surface area (Å²) in [7, 11) is 0. The van der Waals surface area contributed by atoms with E-state index < -0.39 is 0 Å². The topological polar surface area (TPSA) is 59.2 Å². The van der Waals surface area contributed by atoms with Gasteiger partial charge in [0.2, 0.25) is 5.91 Å². The highest BCUT2D eigenvalue weighted by molar-refractivity contribution is 5.87. The maximum atomic E-state index is 11.3. The summed E-state index contributed by atoms with van der Waals surface area (Å²) in [6.07, 6.45) is 1.64. The molecule has 0 spiro atoms. The molecule has 0 saturated carbocycles. The third kappa shape index (κ3) is 3.03. The number of benzene rings is 1. The third-order valence-corrected chi connectivity index (χ3v) is 4.91. The van der Waals surface area contributed by atoms with Gasteiger partial charge in [-0.3, -0.25) is 4.79 Å². The first kappa shape index (κ1) is 15.8. The number of nitrogens with two attached hydrogens (primary N) is 1. The van der Waals surface area contributed by atoms with Gasteiger partial charge >= 0.3 is 0 Å². The second-order valence-electron chi connectivity index (χ2n) is 6.86. The number of para-hydroxylation sites is 1. The number of nitrogens with zero attached hydrogens (tertiary/aromatic N) is 2. The summed E-state index contributed by atoms with van der Waals surface area (Å²) in [5.74, 6) is 1.31. The van der Waals surface area contributed by atoms with Crippen molar-refractivity contribution < 1.29 is 4.79 Å². The van der Waals surface area contributed by atoms with E-state index in [0.29, 0.717) is 5.92 Å². The van der Waals surface area contributed by atoms with Gasteiger partial charge in [-0.05, 0) is 42.9 Å². The fraction of sp³-hybridized carbons (Fsp3) is 0.474. The molecule has 0 bridgehead atoms. The molecular weight excluding hydrogens is 286 g/mol. The Bertz CT molecular complexity index is 731. The summed E-state index contributed by atoms with van der Waals surface area (Å²) in [5, 5.41) is 1.23. The maximum absolute atomic E-state index is 11.3. The molecule has 2 N–H and O–H groups in total. The van der Waals surface area contributed by atoms with Gasteiger partial charge in [0.05, 0.1) is 5.52 Å². The Hall–Kier alpha value is -2.10. The van der Waals surface area contributed by atoms with E-state index in [9.17, 15) is 4.79 Å². The molecule has 4 nitrogen and oxygen atoms in total. The van der Waals surface area contributed by atoms with Gasteiger partial charge in [-0.2, -0.15) is 0 Å². The zero-order valence-corrected chi connectivity index (χ0v) is 14.2. The lowest BCUT2D eigenvalue weighted by molar-refractivity contribution is -0.122. The van der Waals surface area contributed by atoms with Gasteiger partial charge in [0.1, 0.15) is 5.82 Å². The number of aromatic nitrogens is 1. The number of rotatable bonds is 3. The summed E-state index contributed by atoms with van der Waals surface area (Å²) < 4.78 is 0. The molecule has 2 aromatic rings. The van der Waals surface area contributed by atoms with Crippen molar-refractivity contribution in [1.29, 1.82) is 0 Å². The van der Waals surface area contributed by atoms with Crippen molar-refractivity contribution in [3.05, 3.63) is 35.4 Å². The lowest BCUT2D eigenvalue weighted by Gasteiger charge is -2.32. The molecule has 1 fully saturated rings. The van der Waals surface area contributed by atoms with Crippen molar-refractivity contribution in [2.75, 3.05) is 18.0 Å². The number of piperidine rings is 1. The monoisotopic (exact) mass is 311 g/mol. The van der Waals surface area contributed by atoms with E-state index in [1.54, 1.807) is 0 Å². The lowest BCUT2D eigenvalue weighted by Crippen LogP contribution is -2.39. The Morgan fingerprint density at radius 3 is 2.61 bits per heavy atom. The van der Waals surface area contributed by atoms with Gasteiger partial charge < -0.3 is 10.6 Å². The summed E-state index contributed by atoms with van der Waals surface area (Å²) >= 11 is 0. The molecule has 2 heterocycles. The van der Waals surface area contributed by atoms with Crippen molar-refractivity contribution in [1.82, 2.24) is 4.98 Å². The SMILES string of the molecule is Cc1cc(N2CCC(C(N)=O)CC2)nc2c(C(C)C)cccc12. The number of hydrogen-bond acceptors (Lipinski definition) is 3. The average Bonchev–Trinajstić information content (AvgIpc) is 2.54. The van der Waals surface area contributed by atoms with Gasteiger partial charge in [-0.25, -0.2) is 4.98 Å². The molecule has 0 unspecified atom stereocenters. The number of amides is 1. The fourth-order valence-corrected chi connectivity index (χ4v) is 3.44. The molecule has 1 amide bonds. The quantitative estimate of drug-likeness (QED) is 0.945. The predicted molar refractivity (Wildman–Crippen MR) is 94.7 cm³/mol. The van der Waals surface area contributed by atoms with Crippen LogP contribution in [0.3, 0.4) is 0 Å². The first-order valence-electron chi connectivity index (χ1n) is 8.42. The molecule has 1 aromatic heterocycles. The second kappa shape index (κ2) is 6.19. The molecule has 1 saturated heterocycles. The highest BCUT2D eigenvalue weighted by Crippen LogP contribution is 2.30. The molecule has 122 valence electrons. The number of anilines is 1. The van der Waals surface area contributed by atoms with E-state index in [1.165, 1.54) is 16.5 Å². The first-order chi connectivity index (χ1) is 11.0. The summed E-state index contributed by atoms with van der Waals surface area (Å²) in [4.78, 5) is 18.6. The van der Waals surface area contributed by atoms with Crippen LogP contribution < -0.4 is 10.6 Å². The first-order valence-corrected chi connectivity index (χ1v) is 8.42. The van der Waals surface area contributed by atoms with E-state index >= 15 is 0 Å². The van der Waals surface area contributed by atoms with Crippen LogP contribution in [0.15, 0.2) is 24.3 Å². The number of carbonyl (C=O) groups is 1. The molecular formula is C19H25N3O. The van der Waals surface area contributed by atoms with Gasteiger partial charge in [0, 0.05) is 24.4 Å². The van der Waals surface area contributed by atoms with Crippen molar-refractivity contribution in [3.63, 3.8) is 0 Å². The molecule has 0 aliphatic carbocycles. The second-order valence-corrected chi connectivity index (χ2v) is 6.86. The maximum Gasteiger partial charge on any atom is 0.220 e. The van der Waals surface area contributed by atoms with Gasteiger partial charge in [0.25, 0.3) is 0 Å². The molecule has 4 heteroatoms. The van der Waals surface area contributed by atoms with E-state index in [-0.39, 0.29) is 11.8 Å². The normalized spacial score (nSPS) is 16.3. The van der Waals surface area contributed by atoms with Crippen LogP contribution in [-0.4, -0.2) is 24.0 Å². The number of carbonyl (C=O) groups excluding carboxylic acids is 1.